The molecule has 1 saturated carbocycles. The summed E-state index contributed by atoms with van der Waals surface area (Å²) in [5.74, 6) is 0.151. The maximum Gasteiger partial charge on any atom is 0.335 e. The SMILES string of the molecule is O=C(O)c1ccc(-n2nnnc2C2CC2)c(Cl)c1. The minimum atomic E-state index is -1.01. The average Bonchev–Trinajstić information content (AvgIpc) is 3.07. The first-order chi connectivity index (χ1) is 8.66. The van der Waals surface area contributed by atoms with Crippen LogP contribution in [-0.4, -0.2) is 31.3 Å². The van der Waals surface area contributed by atoms with Crippen LogP contribution in [0.5, 0.6) is 0 Å². The fourth-order valence-corrected chi connectivity index (χ4v) is 2.03. The quantitative estimate of drug-likeness (QED) is 0.916. The molecule has 3 rings (SSSR count). The molecule has 7 heteroatoms. The molecule has 1 fully saturated rings. The zero-order chi connectivity index (χ0) is 12.7. The van der Waals surface area contributed by atoms with Gasteiger partial charge in [0, 0.05) is 5.92 Å². The second-order valence-corrected chi connectivity index (χ2v) is 4.60. The van der Waals surface area contributed by atoms with Crippen LogP contribution in [-0.2, 0) is 0 Å². The number of rotatable bonds is 3. The summed E-state index contributed by atoms with van der Waals surface area (Å²) >= 11 is 6.08. The molecule has 2 aromatic rings. The van der Waals surface area contributed by atoms with Gasteiger partial charge in [-0.2, -0.15) is 4.68 Å². The van der Waals surface area contributed by atoms with E-state index in [0.717, 1.165) is 18.7 Å². The highest BCUT2D eigenvalue weighted by molar-refractivity contribution is 6.32. The molecular formula is C11H9ClN4O2. The van der Waals surface area contributed by atoms with E-state index in [1.54, 1.807) is 10.7 Å². The Balaban J connectivity index is 2.06. The maximum absolute atomic E-state index is 10.8. The first-order valence-electron chi connectivity index (χ1n) is 5.48. The Morgan fingerprint density at radius 2 is 2.22 bits per heavy atom. The van der Waals surface area contributed by atoms with Crippen LogP contribution in [0.15, 0.2) is 18.2 Å². The van der Waals surface area contributed by atoms with Crippen LogP contribution >= 0.6 is 11.6 Å². The molecule has 0 bridgehead atoms. The maximum atomic E-state index is 10.8. The van der Waals surface area contributed by atoms with Gasteiger partial charge >= 0.3 is 5.97 Å². The van der Waals surface area contributed by atoms with Crippen molar-refractivity contribution < 1.29 is 9.90 Å². The zero-order valence-electron chi connectivity index (χ0n) is 9.25. The third-order valence-corrected chi connectivity index (χ3v) is 3.16. The van der Waals surface area contributed by atoms with E-state index in [1.807, 2.05) is 0 Å². The molecule has 6 nitrogen and oxygen atoms in total. The van der Waals surface area contributed by atoms with Crippen LogP contribution in [0.3, 0.4) is 0 Å². The number of nitrogens with zero attached hydrogens (tertiary/aromatic N) is 4. The lowest BCUT2D eigenvalue weighted by Gasteiger charge is -2.06. The second-order valence-electron chi connectivity index (χ2n) is 4.19. The molecule has 1 N–H and O–H groups in total. The van der Waals surface area contributed by atoms with Crippen molar-refractivity contribution in [3.63, 3.8) is 0 Å². The van der Waals surface area contributed by atoms with Crippen LogP contribution in [0.4, 0.5) is 0 Å². The number of aromatic carboxylic acids is 1. The Hall–Kier alpha value is -1.95. The molecule has 0 unspecified atom stereocenters. The number of carbonyl (C=O) groups is 1. The van der Waals surface area contributed by atoms with E-state index >= 15 is 0 Å². The Morgan fingerprint density at radius 3 is 2.83 bits per heavy atom. The number of aromatic nitrogens is 4. The van der Waals surface area contributed by atoms with Crippen molar-refractivity contribution >= 4 is 17.6 Å². The number of halogens is 1. The predicted molar refractivity (Wildman–Crippen MR) is 63.1 cm³/mol. The van der Waals surface area contributed by atoms with Crippen LogP contribution < -0.4 is 0 Å². The molecule has 1 aromatic heterocycles. The Labute approximate surface area is 107 Å². The summed E-state index contributed by atoms with van der Waals surface area (Å²) in [4.78, 5) is 10.8. The Morgan fingerprint density at radius 1 is 1.44 bits per heavy atom. The molecule has 1 aliphatic rings. The lowest BCUT2D eigenvalue weighted by Crippen LogP contribution is -2.04. The highest BCUT2D eigenvalue weighted by Crippen LogP contribution is 2.39. The number of hydrogen-bond acceptors (Lipinski definition) is 4. The molecule has 1 aromatic carbocycles. The standard InChI is InChI=1S/C11H9ClN4O2/c12-8-5-7(11(17)18)3-4-9(8)16-10(6-1-2-6)13-14-15-16/h3-6H,1-2H2,(H,17,18). The third-order valence-electron chi connectivity index (χ3n) is 2.86. The average molecular weight is 265 g/mol. The van der Waals surface area contributed by atoms with Gasteiger partial charge in [0.15, 0.2) is 5.82 Å². The van der Waals surface area contributed by atoms with Crippen LogP contribution in [0.25, 0.3) is 5.69 Å². The van der Waals surface area contributed by atoms with Crippen molar-refractivity contribution in [2.75, 3.05) is 0 Å². The first-order valence-corrected chi connectivity index (χ1v) is 5.86. The smallest absolute Gasteiger partial charge is 0.335 e. The van der Waals surface area contributed by atoms with Gasteiger partial charge in [-0.15, -0.1) is 5.10 Å². The Bertz CT molecular complexity index is 621. The molecule has 0 atom stereocenters. The van der Waals surface area contributed by atoms with E-state index in [2.05, 4.69) is 15.5 Å². The lowest BCUT2D eigenvalue weighted by atomic mass is 10.2. The second kappa shape index (κ2) is 4.06. The summed E-state index contributed by atoms with van der Waals surface area (Å²) in [6, 6.07) is 4.51. The van der Waals surface area contributed by atoms with Crippen molar-refractivity contribution in [3.8, 4) is 5.69 Å². The van der Waals surface area contributed by atoms with Crippen LogP contribution in [0, 0.1) is 0 Å². The number of hydrogen-bond donors (Lipinski definition) is 1. The minimum absolute atomic E-state index is 0.143. The highest BCUT2D eigenvalue weighted by Gasteiger charge is 2.30. The molecule has 18 heavy (non-hydrogen) atoms. The van der Waals surface area contributed by atoms with Crippen molar-refractivity contribution in [2.45, 2.75) is 18.8 Å². The zero-order valence-corrected chi connectivity index (χ0v) is 10.0. The molecule has 92 valence electrons. The van der Waals surface area contributed by atoms with E-state index in [-0.39, 0.29) is 5.56 Å². The van der Waals surface area contributed by atoms with Gasteiger partial charge in [0.2, 0.25) is 0 Å². The van der Waals surface area contributed by atoms with Crippen molar-refractivity contribution in [3.05, 3.63) is 34.6 Å². The van der Waals surface area contributed by atoms with Crippen molar-refractivity contribution in [1.82, 2.24) is 20.2 Å². The summed E-state index contributed by atoms with van der Waals surface area (Å²) in [7, 11) is 0. The summed E-state index contributed by atoms with van der Waals surface area (Å²) in [5.41, 5.74) is 0.748. The topological polar surface area (TPSA) is 80.9 Å². The van der Waals surface area contributed by atoms with Gasteiger partial charge in [-0.05, 0) is 41.5 Å². The van der Waals surface area contributed by atoms with E-state index in [4.69, 9.17) is 16.7 Å². The Kier molecular flexibility index (Phi) is 2.52. The van der Waals surface area contributed by atoms with Gasteiger partial charge in [0.1, 0.15) is 0 Å². The number of tetrazole rings is 1. The molecule has 1 aliphatic carbocycles. The van der Waals surface area contributed by atoms with Gasteiger partial charge in [0.05, 0.1) is 16.3 Å². The number of carboxylic acid groups (broad SMARTS) is 1. The normalized spacial score (nSPS) is 14.7. The monoisotopic (exact) mass is 264 g/mol. The molecule has 0 spiro atoms. The largest absolute Gasteiger partial charge is 0.478 e. The van der Waals surface area contributed by atoms with Gasteiger partial charge in [-0.25, -0.2) is 4.79 Å². The van der Waals surface area contributed by atoms with Crippen molar-refractivity contribution in [2.24, 2.45) is 0 Å². The number of benzene rings is 1. The third kappa shape index (κ3) is 1.84. The first kappa shape index (κ1) is 11.2. The summed E-state index contributed by atoms with van der Waals surface area (Å²) < 4.78 is 1.58. The minimum Gasteiger partial charge on any atom is -0.478 e. The van der Waals surface area contributed by atoms with Crippen LogP contribution in [0.1, 0.15) is 34.9 Å². The molecule has 0 aliphatic heterocycles. The van der Waals surface area contributed by atoms with E-state index in [9.17, 15) is 4.79 Å². The summed E-state index contributed by atoms with van der Waals surface area (Å²) in [5, 5.41) is 20.7. The molecule has 1 heterocycles. The highest BCUT2D eigenvalue weighted by atomic mass is 35.5. The van der Waals surface area contributed by atoms with E-state index < -0.39 is 5.97 Å². The van der Waals surface area contributed by atoms with Gasteiger partial charge in [-0.1, -0.05) is 11.6 Å². The molecule has 0 saturated heterocycles. The summed E-state index contributed by atoms with van der Waals surface area (Å²) in [6.07, 6.45) is 2.15. The fourth-order valence-electron chi connectivity index (χ4n) is 1.77. The number of carboxylic acids is 1. The van der Waals surface area contributed by atoms with Crippen molar-refractivity contribution in [1.29, 1.82) is 0 Å². The van der Waals surface area contributed by atoms with Crippen LogP contribution in [0.2, 0.25) is 5.02 Å². The molecular weight excluding hydrogens is 256 g/mol. The van der Waals surface area contributed by atoms with E-state index in [0.29, 0.717) is 16.6 Å². The molecule has 0 amide bonds. The molecule has 0 radical (unpaired) electrons. The fraction of sp³-hybridized carbons (Fsp3) is 0.273. The van der Waals surface area contributed by atoms with Gasteiger partial charge in [0.25, 0.3) is 0 Å². The van der Waals surface area contributed by atoms with E-state index in [1.165, 1.54) is 12.1 Å². The predicted octanol–water partition coefficient (Wildman–Crippen LogP) is 1.89. The lowest BCUT2D eigenvalue weighted by molar-refractivity contribution is 0.0697. The van der Waals surface area contributed by atoms with Gasteiger partial charge < -0.3 is 5.11 Å². The van der Waals surface area contributed by atoms with Gasteiger partial charge in [-0.3, -0.25) is 0 Å². The summed E-state index contributed by atoms with van der Waals surface area (Å²) in [6.45, 7) is 0.